The van der Waals surface area contributed by atoms with E-state index in [1.165, 1.54) is 4.31 Å². The molecule has 1 aliphatic heterocycles. The first-order valence-electron chi connectivity index (χ1n) is 5.67. The molecular formula is C12H17NO3S. The summed E-state index contributed by atoms with van der Waals surface area (Å²) in [5.41, 5.74) is 1.75. The van der Waals surface area contributed by atoms with Gasteiger partial charge < -0.3 is 5.11 Å². The van der Waals surface area contributed by atoms with E-state index in [0.29, 0.717) is 17.9 Å². The van der Waals surface area contributed by atoms with E-state index in [1.807, 2.05) is 19.9 Å². The van der Waals surface area contributed by atoms with Crippen molar-refractivity contribution in [1.29, 1.82) is 0 Å². The van der Waals surface area contributed by atoms with Crippen molar-refractivity contribution in [2.75, 3.05) is 13.1 Å². The number of aliphatic hydroxyl groups is 1. The SMILES string of the molecule is Cc1cccc(S(=O)(=O)N2CC[C@H](O)C2)c1C. The molecule has 1 saturated heterocycles. The van der Waals surface area contributed by atoms with Crippen molar-refractivity contribution >= 4 is 10.0 Å². The number of hydrogen-bond acceptors (Lipinski definition) is 3. The second kappa shape index (κ2) is 4.40. The third-order valence-corrected chi connectivity index (χ3v) is 5.31. The van der Waals surface area contributed by atoms with E-state index in [9.17, 15) is 13.5 Å². The number of hydrogen-bond donors (Lipinski definition) is 1. The van der Waals surface area contributed by atoms with Gasteiger partial charge in [0, 0.05) is 13.1 Å². The first-order chi connectivity index (χ1) is 7.93. The number of rotatable bonds is 2. The van der Waals surface area contributed by atoms with Crippen LogP contribution >= 0.6 is 0 Å². The third-order valence-electron chi connectivity index (χ3n) is 3.30. The Morgan fingerprint density at radius 1 is 1.35 bits per heavy atom. The molecule has 1 aliphatic rings. The summed E-state index contributed by atoms with van der Waals surface area (Å²) in [6.45, 7) is 4.31. The number of sulfonamides is 1. The lowest BCUT2D eigenvalue weighted by Crippen LogP contribution is -2.30. The van der Waals surface area contributed by atoms with Gasteiger partial charge in [0.15, 0.2) is 0 Å². The molecule has 0 aromatic heterocycles. The summed E-state index contributed by atoms with van der Waals surface area (Å²) >= 11 is 0. The Kier molecular flexibility index (Phi) is 3.25. The minimum atomic E-state index is -3.45. The summed E-state index contributed by atoms with van der Waals surface area (Å²) in [5, 5.41) is 9.43. The van der Waals surface area contributed by atoms with Gasteiger partial charge >= 0.3 is 0 Å². The molecule has 5 heteroatoms. The van der Waals surface area contributed by atoms with E-state index in [-0.39, 0.29) is 6.54 Å². The van der Waals surface area contributed by atoms with Crippen molar-refractivity contribution in [2.45, 2.75) is 31.3 Å². The lowest BCUT2D eigenvalue weighted by molar-refractivity contribution is 0.189. The summed E-state index contributed by atoms with van der Waals surface area (Å²) < 4.78 is 26.1. The fourth-order valence-electron chi connectivity index (χ4n) is 2.07. The van der Waals surface area contributed by atoms with Gasteiger partial charge in [-0.2, -0.15) is 4.31 Å². The monoisotopic (exact) mass is 255 g/mol. The Morgan fingerprint density at radius 3 is 2.65 bits per heavy atom. The van der Waals surface area contributed by atoms with E-state index >= 15 is 0 Å². The molecule has 1 aromatic carbocycles. The highest BCUT2D eigenvalue weighted by atomic mass is 32.2. The molecule has 1 atom stereocenters. The zero-order chi connectivity index (χ0) is 12.6. The first kappa shape index (κ1) is 12.5. The maximum absolute atomic E-state index is 12.4. The van der Waals surface area contributed by atoms with Crippen LogP contribution in [-0.2, 0) is 10.0 Å². The largest absolute Gasteiger partial charge is 0.392 e. The van der Waals surface area contributed by atoms with Crippen LogP contribution in [-0.4, -0.2) is 37.0 Å². The number of benzene rings is 1. The fraction of sp³-hybridized carbons (Fsp3) is 0.500. The predicted octanol–water partition coefficient (Wildman–Crippen LogP) is 1.06. The van der Waals surface area contributed by atoms with Crippen LogP contribution in [0.5, 0.6) is 0 Å². The van der Waals surface area contributed by atoms with Gasteiger partial charge in [-0.3, -0.25) is 0 Å². The number of β-amino-alcohol motifs (C(OH)–C–C–N with tert-alkyl or cyclic N) is 1. The Hall–Kier alpha value is -0.910. The van der Waals surface area contributed by atoms with Gasteiger partial charge in [-0.25, -0.2) is 8.42 Å². The molecule has 0 spiro atoms. The van der Waals surface area contributed by atoms with Gasteiger partial charge in [0.1, 0.15) is 0 Å². The maximum atomic E-state index is 12.4. The van der Waals surface area contributed by atoms with Crippen molar-refractivity contribution in [2.24, 2.45) is 0 Å². The molecule has 17 heavy (non-hydrogen) atoms. The molecule has 0 radical (unpaired) electrons. The van der Waals surface area contributed by atoms with Crippen LogP contribution in [0.3, 0.4) is 0 Å². The predicted molar refractivity (Wildman–Crippen MR) is 65.3 cm³/mol. The highest BCUT2D eigenvalue weighted by Crippen LogP contribution is 2.25. The van der Waals surface area contributed by atoms with Crippen molar-refractivity contribution in [3.05, 3.63) is 29.3 Å². The fourth-order valence-corrected chi connectivity index (χ4v) is 3.86. The Labute approximate surface area is 102 Å². The van der Waals surface area contributed by atoms with Crippen molar-refractivity contribution in [1.82, 2.24) is 4.31 Å². The quantitative estimate of drug-likeness (QED) is 0.859. The molecule has 1 heterocycles. The van der Waals surface area contributed by atoms with E-state index in [1.54, 1.807) is 12.1 Å². The van der Waals surface area contributed by atoms with Gasteiger partial charge in [-0.15, -0.1) is 0 Å². The van der Waals surface area contributed by atoms with Crippen LogP contribution in [0.25, 0.3) is 0 Å². The van der Waals surface area contributed by atoms with Crippen molar-refractivity contribution < 1.29 is 13.5 Å². The van der Waals surface area contributed by atoms with Gasteiger partial charge in [0.2, 0.25) is 10.0 Å². The van der Waals surface area contributed by atoms with Crippen molar-refractivity contribution in [3.63, 3.8) is 0 Å². The highest BCUT2D eigenvalue weighted by Gasteiger charge is 2.32. The number of aryl methyl sites for hydroxylation is 1. The summed E-state index contributed by atoms with van der Waals surface area (Å²) in [6, 6.07) is 5.28. The maximum Gasteiger partial charge on any atom is 0.243 e. The van der Waals surface area contributed by atoms with Gasteiger partial charge in [0.25, 0.3) is 0 Å². The van der Waals surface area contributed by atoms with E-state index in [2.05, 4.69) is 0 Å². The molecule has 0 amide bonds. The van der Waals surface area contributed by atoms with Crippen LogP contribution < -0.4 is 0 Å². The average molecular weight is 255 g/mol. The zero-order valence-corrected chi connectivity index (χ0v) is 10.9. The molecule has 0 unspecified atom stereocenters. The molecular weight excluding hydrogens is 238 g/mol. The van der Waals surface area contributed by atoms with Crippen molar-refractivity contribution in [3.8, 4) is 0 Å². The standard InChI is InChI=1S/C12H17NO3S/c1-9-4-3-5-12(10(9)2)17(15,16)13-7-6-11(14)8-13/h3-5,11,14H,6-8H2,1-2H3/t11-/m0/s1. The molecule has 1 fully saturated rings. The normalized spacial score (nSPS) is 21.9. The Balaban J connectivity index is 2.42. The van der Waals surface area contributed by atoms with Crippen LogP contribution in [0.1, 0.15) is 17.5 Å². The molecule has 0 aliphatic carbocycles. The number of aliphatic hydroxyl groups excluding tert-OH is 1. The second-order valence-corrected chi connectivity index (χ2v) is 6.41. The summed E-state index contributed by atoms with van der Waals surface area (Å²) in [4.78, 5) is 0.353. The smallest absolute Gasteiger partial charge is 0.243 e. The van der Waals surface area contributed by atoms with Gasteiger partial charge in [-0.1, -0.05) is 12.1 Å². The second-order valence-electron chi connectivity index (χ2n) is 4.50. The zero-order valence-electron chi connectivity index (χ0n) is 10.0. The summed E-state index contributed by atoms with van der Waals surface area (Å²) in [7, 11) is -3.45. The van der Waals surface area contributed by atoms with Crippen LogP contribution in [0.4, 0.5) is 0 Å². The molecule has 2 rings (SSSR count). The molecule has 1 aromatic rings. The third kappa shape index (κ3) is 2.22. The summed E-state index contributed by atoms with van der Waals surface area (Å²) in [5.74, 6) is 0. The van der Waals surface area contributed by atoms with Crippen LogP contribution in [0.15, 0.2) is 23.1 Å². The molecule has 1 N–H and O–H groups in total. The lowest BCUT2D eigenvalue weighted by atomic mass is 10.1. The molecule has 4 nitrogen and oxygen atoms in total. The lowest BCUT2D eigenvalue weighted by Gasteiger charge is -2.18. The number of nitrogens with zero attached hydrogens (tertiary/aromatic N) is 1. The van der Waals surface area contributed by atoms with Crippen LogP contribution in [0.2, 0.25) is 0 Å². The molecule has 94 valence electrons. The minimum absolute atomic E-state index is 0.204. The van der Waals surface area contributed by atoms with E-state index in [4.69, 9.17) is 0 Å². The average Bonchev–Trinajstić information content (AvgIpc) is 2.69. The van der Waals surface area contributed by atoms with E-state index in [0.717, 1.165) is 11.1 Å². The minimum Gasteiger partial charge on any atom is -0.392 e. The van der Waals surface area contributed by atoms with Crippen LogP contribution in [0, 0.1) is 13.8 Å². The Morgan fingerprint density at radius 2 is 2.06 bits per heavy atom. The van der Waals surface area contributed by atoms with Gasteiger partial charge in [0.05, 0.1) is 11.0 Å². The highest BCUT2D eigenvalue weighted by molar-refractivity contribution is 7.89. The van der Waals surface area contributed by atoms with E-state index < -0.39 is 16.1 Å². The van der Waals surface area contributed by atoms with Gasteiger partial charge in [-0.05, 0) is 37.5 Å². The topological polar surface area (TPSA) is 57.6 Å². The molecule has 0 bridgehead atoms. The molecule has 0 saturated carbocycles. The first-order valence-corrected chi connectivity index (χ1v) is 7.11. The Bertz CT molecular complexity index is 525. The summed E-state index contributed by atoms with van der Waals surface area (Å²) in [6.07, 6.45) is -0.0146.